The van der Waals surface area contributed by atoms with Crippen LogP contribution in [-0.2, 0) is 14.3 Å². The minimum Gasteiger partial charge on any atom is -0.394 e. The van der Waals surface area contributed by atoms with Gasteiger partial charge in [0.1, 0.15) is 36.6 Å². The molecule has 0 aromatic carbocycles. The van der Waals surface area contributed by atoms with E-state index in [1.54, 1.807) is 0 Å². The zero-order valence-corrected chi connectivity index (χ0v) is 44.7. The van der Waals surface area contributed by atoms with E-state index >= 15 is 0 Å². The van der Waals surface area contributed by atoms with Gasteiger partial charge in [-0.3, -0.25) is 4.79 Å². The molecule has 9 atom stereocenters. The third-order valence-electron chi connectivity index (χ3n) is 13.9. The van der Waals surface area contributed by atoms with Crippen LogP contribution in [0.4, 0.5) is 0 Å². The summed E-state index contributed by atoms with van der Waals surface area (Å²) in [7, 11) is 0. The molecule has 9 unspecified atom stereocenters. The Labute approximate surface area is 428 Å². The van der Waals surface area contributed by atoms with Gasteiger partial charge in [0.25, 0.3) is 0 Å². The first-order valence-electron chi connectivity index (χ1n) is 29.1. The summed E-state index contributed by atoms with van der Waals surface area (Å²) in [6, 6.07) is -1.20. The van der Waals surface area contributed by atoms with Crippen LogP contribution in [0.5, 0.6) is 0 Å². The smallest absolute Gasteiger partial charge is 0.249 e. The predicted octanol–water partition coefficient (Wildman–Crippen LogP) is 12.1. The molecule has 0 spiro atoms. The molecule has 0 aromatic heterocycles. The van der Waals surface area contributed by atoms with Crippen LogP contribution in [0.1, 0.15) is 251 Å². The third-order valence-corrected chi connectivity index (χ3v) is 13.9. The van der Waals surface area contributed by atoms with E-state index in [0.29, 0.717) is 19.3 Å². The van der Waals surface area contributed by atoms with Crippen molar-refractivity contribution in [3.63, 3.8) is 0 Å². The monoisotopic (exact) mass is 992 g/mol. The lowest BCUT2D eigenvalue weighted by Crippen LogP contribution is -2.60. The van der Waals surface area contributed by atoms with E-state index in [-0.39, 0.29) is 12.8 Å². The summed E-state index contributed by atoms with van der Waals surface area (Å²) in [5, 5.41) is 76.1. The number of carbonyl (C=O) groups excluding carboxylic acids is 1. The Hall–Kier alpha value is -1.93. The van der Waals surface area contributed by atoms with Crippen molar-refractivity contribution in [1.29, 1.82) is 0 Å². The van der Waals surface area contributed by atoms with Crippen LogP contribution >= 0.6 is 0 Å². The van der Waals surface area contributed by atoms with Crippen LogP contribution in [-0.4, -0.2) is 110 Å². The topological polar surface area (TPSA) is 189 Å². The van der Waals surface area contributed by atoms with E-state index in [1.807, 2.05) is 0 Å². The number of rotatable bonds is 49. The summed E-state index contributed by atoms with van der Waals surface area (Å²) in [6.07, 6.45) is 48.8. The number of hydrogen-bond donors (Lipinski definition) is 8. The number of hydrogen-bond acceptors (Lipinski definition) is 10. The van der Waals surface area contributed by atoms with Gasteiger partial charge < -0.3 is 50.5 Å². The fraction of sp³-hybridized carbons (Fsp3) is 0.847. The van der Waals surface area contributed by atoms with Crippen LogP contribution in [0, 0.1) is 0 Å². The van der Waals surface area contributed by atoms with Crippen molar-refractivity contribution >= 4 is 5.91 Å². The minimum absolute atomic E-state index is 0.244. The third kappa shape index (κ3) is 36.1. The number of carbonyl (C=O) groups is 1. The second kappa shape index (κ2) is 48.0. The molecule has 8 N–H and O–H groups in total. The lowest BCUT2D eigenvalue weighted by atomic mass is 9.98. The molecule has 0 aromatic rings. The Morgan fingerprint density at radius 1 is 0.500 bits per heavy atom. The lowest BCUT2D eigenvalue weighted by molar-refractivity contribution is -0.303. The normalized spacial score (nSPS) is 20.6. The van der Waals surface area contributed by atoms with Crippen molar-refractivity contribution < 1.29 is 50.0 Å². The molecular formula is C59H109NO10. The van der Waals surface area contributed by atoms with E-state index in [9.17, 15) is 40.5 Å². The second-order valence-corrected chi connectivity index (χ2v) is 20.4. The van der Waals surface area contributed by atoms with Gasteiger partial charge in [0.15, 0.2) is 6.29 Å². The maximum atomic E-state index is 13.2. The molecular weight excluding hydrogens is 883 g/mol. The van der Waals surface area contributed by atoms with Gasteiger partial charge in [0.2, 0.25) is 5.91 Å². The number of ether oxygens (including phenoxy) is 2. The van der Waals surface area contributed by atoms with E-state index in [4.69, 9.17) is 9.47 Å². The number of amides is 1. The zero-order chi connectivity index (χ0) is 51.1. The highest BCUT2D eigenvalue weighted by Gasteiger charge is 2.44. The quantitative estimate of drug-likeness (QED) is 0.0165. The summed E-state index contributed by atoms with van der Waals surface area (Å²) in [4.78, 5) is 13.2. The summed E-state index contributed by atoms with van der Waals surface area (Å²) in [5.41, 5.74) is 0. The summed E-state index contributed by atoms with van der Waals surface area (Å²) < 4.78 is 11.1. The largest absolute Gasteiger partial charge is 0.394 e. The van der Waals surface area contributed by atoms with Crippen molar-refractivity contribution in [3.8, 4) is 0 Å². The van der Waals surface area contributed by atoms with Crippen molar-refractivity contribution in [3.05, 3.63) is 48.6 Å². The van der Waals surface area contributed by atoms with Crippen molar-refractivity contribution in [2.45, 2.75) is 306 Å². The SMILES string of the molecule is CCCCC/C=C\C=C/CCCCCCCCCCCC(O)C(=O)NC(COC1OC(CO)C(O)C(O)C1O)C(O)C(O)CCC/C=C/CC/C=C/CCCCCCCCCCCCCCCCCC. The van der Waals surface area contributed by atoms with Gasteiger partial charge in [-0.1, -0.05) is 223 Å². The van der Waals surface area contributed by atoms with Gasteiger partial charge in [0, 0.05) is 0 Å². The van der Waals surface area contributed by atoms with Gasteiger partial charge in [-0.25, -0.2) is 0 Å². The predicted molar refractivity (Wildman–Crippen MR) is 288 cm³/mol. The highest BCUT2D eigenvalue weighted by molar-refractivity contribution is 5.80. The minimum atomic E-state index is -1.67. The van der Waals surface area contributed by atoms with Gasteiger partial charge in [-0.2, -0.15) is 0 Å². The molecule has 1 fully saturated rings. The van der Waals surface area contributed by atoms with Crippen LogP contribution < -0.4 is 5.32 Å². The summed E-state index contributed by atoms with van der Waals surface area (Å²) in [6.45, 7) is 3.42. The summed E-state index contributed by atoms with van der Waals surface area (Å²) >= 11 is 0. The van der Waals surface area contributed by atoms with E-state index in [0.717, 1.165) is 51.4 Å². The number of aliphatic hydroxyl groups is 7. The number of allylic oxidation sites excluding steroid dienone is 8. The Morgan fingerprint density at radius 3 is 1.39 bits per heavy atom. The van der Waals surface area contributed by atoms with Crippen molar-refractivity contribution in [2.75, 3.05) is 13.2 Å². The molecule has 1 rings (SSSR count). The first-order chi connectivity index (χ1) is 34.2. The molecule has 1 saturated heterocycles. The Bertz CT molecular complexity index is 1280. The fourth-order valence-electron chi connectivity index (χ4n) is 9.10. The maximum Gasteiger partial charge on any atom is 0.249 e. The van der Waals surface area contributed by atoms with Crippen LogP contribution in [0.3, 0.4) is 0 Å². The second-order valence-electron chi connectivity index (χ2n) is 20.4. The number of aliphatic hydroxyl groups excluding tert-OH is 7. The van der Waals surface area contributed by atoms with Gasteiger partial charge in [0.05, 0.1) is 25.4 Å². The molecule has 11 nitrogen and oxygen atoms in total. The standard InChI is InChI=1S/C59H109NO10/c1-3-5-7-9-11-13-15-17-19-21-23-24-25-26-27-28-29-31-32-34-36-38-40-42-44-46-51(62)54(64)50(49-69-59-57(67)56(66)55(65)53(48-61)70-59)60-58(68)52(63)47-45-43-41-39-37-35-33-30-22-20-18-16-14-12-10-8-6-4-2/h12,14,16,18,31-32,38,40,50-57,59,61-67H,3-11,13,15,17,19-30,33-37,39,41-49H2,1-2H3,(H,60,68)/b14-12-,18-16-,32-31+,40-38+. The van der Waals surface area contributed by atoms with E-state index in [1.165, 1.54) is 154 Å². The van der Waals surface area contributed by atoms with Crippen LogP contribution in [0.15, 0.2) is 48.6 Å². The lowest BCUT2D eigenvalue weighted by Gasteiger charge is -2.40. The Morgan fingerprint density at radius 2 is 0.900 bits per heavy atom. The van der Waals surface area contributed by atoms with Crippen molar-refractivity contribution in [1.82, 2.24) is 5.32 Å². The van der Waals surface area contributed by atoms with Gasteiger partial charge in [-0.15, -0.1) is 0 Å². The van der Waals surface area contributed by atoms with E-state index in [2.05, 4.69) is 67.8 Å². The van der Waals surface area contributed by atoms with Crippen LogP contribution in [0.25, 0.3) is 0 Å². The Balaban J connectivity index is 2.35. The average molecular weight is 993 g/mol. The zero-order valence-electron chi connectivity index (χ0n) is 44.7. The summed E-state index contributed by atoms with van der Waals surface area (Å²) in [5.74, 6) is -0.714. The molecule has 0 bridgehead atoms. The van der Waals surface area contributed by atoms with Crippen LogP contribution in [0.2, 0.25) is 0 Å². The number of unbranched alkanes of at least 4 members (excludes halogenated alkanes) is 30. The number of nitrogens with one attached hydrogen (secondary N) is 1. The average Bonchev–Trinajstić information content (AvgIpc) is 3.36. The highest BCUT2D eigenvalue weighted by atomic mass is 16.7. The molecule has 1 amide bonds. The first-order valence-corrected chi connectivity index (χ1v) is 29.1. The van der Waals surface area contributed by atoms with Gasteiger partial charge in [-0.05, 0) is 77.0 Å². The fourth-order valence-corrected chi connectivity index (χ4v) is 9.10. The molecule has 0 radical (unpaired) electrons. The molecule has 0 aliphatic carbocycles. The highest BCUT2D eigenvalue weighted by Crippen LogP contribution is 2.23. The molecule has 1 heterocycles. The molecule has 410 valence electrons. The molecule has 1 aliphatic rings. The van der Waals surface area contributed by atoms with Crippen molar-refractivity contribution in [2.24, 2.45) is 0 Å². The molecule has 0 saturated carbocycles. The first kappa shape index (κ1) is 66.1. The Kier molecular flexibility index (Phi) is 45.3. The molecule has 11 heteroatoms. The molecule has 70 heavy (non-hydrogen) atoms. The molecule has 1 aliphatic heterocycles. The van der Waals surface area contributed by atoms with Gasteiger partial charge >= 0.3 is 0 Å². The van der Waals surface area contributed by atoms with E-state index < -0.39 is 74.2 Å². The maximum absolute atomic E-state index is 13.2.